The molecule has 0 aromatic carbocycles. The van der Waals surface area contributed by atoms with E-state index in [2.05, 4.69) is 22.2 Å². The standard InChI is InChI=1S/C10H17N3O/c1-7-5-10(13-9(3)11-7)12-8(2)6-14-4/h5,8H,6H2,1-4H3,(H,11,12,13). The van der Waals surface area contributed by atoms with E-state index >= 15 is 0 Å². The van der Waals surface area contributed by atoms with Crippen molar-refractivity contribution in [1.29, 1.82) is 0 Å². The number of anilines is 1. The van der Waals surface area contributed by atoms with E-state index in [1.54, 1.807) is 7.11 Å². The van der Waals surface area contributed by atoms with E-state index < -0.39 is 0 Å². The van der Waals surface area contributed by atoms with E-state index in [0.29, 0.717) is 6.61 Å². The van der Waals surface area contributed by atoms with Gasteiger partial charge in [0.2, 0.25) is 0 Å². The van der Waals surface area contributed by atoms with E-state index in [1.165, 1.54) is 0 Å². The second-order valence-corrected chi connectivity index (χ2v) is 3.44. The van der Waals surface area contributed by atoms with Crippen LogP contribution in [0.15, 0.2) is 6.07 Å². The molecule has 0 bridgehead atoms. The van der Waals surface area contributed by atoms with Crippen molar-refractivity contribution in [2.45, 2.75) is 26.8 Å². The number of nitrogens with zero attached hydrogens (tertiary/aromatic N) is 2. The van der Waals surface area contributed by atoms with Crippen LogP contribution < -0.4 is 5.32 Å². The molecule has 0 aliphatic carbocycles. The third-order valence-electron chi connectivity index (χ3n) is 1.78. The minimum Gasteiger partial charge on any atom is -0.383 e. The molecule has 1 aromatic heterocycles. The highest BCUT2D eigenvalue weighted by Gasteiger charge is 2.03. The Morgan fingerprint density at radius 1 is 1.43 bits per heavy atom. The largest absolute Gasteiger partial charge is 0.383 e. The molecule has 0 saturated heterocycles. The summed E-state index contributed by atoms with van der Waals surface area (Å²) in [5, 5.41) is 3.25. The van der Waals surface area contributed by atoms with Crippen LogP contribution in [0.4, 0.5) is 5.82 Å². The molecule has 1 atom stereocenters. The van der Waals surface area contributed by atoms with Crippen molar-refractivity contribution in [2.24, 2.45) is 0 Å². The fraction of sp³-hybridized carbons (Fsp3) is 0.600. The molecule has 1 N–H and O–H groups in total. The molecule has 1 rings (SSSR count). The van der Waals surface area contributed by atoms with Crippen molar-refractivity contribution >= 4 is 5.82 Å². The molecule has 1 heterocycles. The maximum atomic E-state index is 5.03. The van der Waals surface area contributed by atoms with Crippen LogP contribution >= 0.6 is 0 Å². The highest BCUT2D eigenvalue weighted by Crippen LogP contribution is 2.07. The van der Waals surface area contributed by atoms with Gasteiger partial charge >= 0.3 is 0 Å². The smallest absolute Gasteiger partial charge is 0.130 e. The van der Waals surface area contributed by atoms with E-state index in [4.69, 9.17) is 4.74 Å². The first-order valence-corrected chi connectivity index (χ1v) is 4.69. The van der Waals surface area contributed by atoms with E-state index in [1.807, 2.05) is 19.9 Å². The predicted molar refractivity (Wildman–Crippen MR) is 56.5 cm³/mol. The van der Waals surface area contributed by atoms with Crippen LogP contribution in [0, 0.1) is 13.8 Å². The summed E-state index contributed by atoms with van der Waals surface area (Å²) in [5.41, 5.74) is 0.976. The molecular formula is C10H17N3O. The highest BCUT2D eigenvalue weighted by atomic mass is 16.5. The average molecular weight is 195 g/mol. The van der Waals surface area contributed by atoms with Gasteiger partial charge in [0.15, 0.2) is 0 Å². The second kappa shape index (κ2) is 4.91. The summed E-state index contributed by atoms with van der Waals surface area (Å²) >= 11 is 0. The van der Waals surface area contributed by atoms with Crippen molar-refractivity contribution in [3.8, 4) is 0 Å². The second-order valence-electron chi connectivity index (χ2n) is 3.44. The van der Waals surface area contributed by atoms with Gasteiger partial charge in [0.05, 0.1) is 6.61 Å². The number of aryl methyl sites for hydroxylation is 2. The van der Waals surface area contributed by atoms with Crippen molar-refractivity contribution in [2.75, 3.05) is 19.0 Å². The van der Waals surface area contributed by atoms with Crippen LogP contribution in [-0.2, 0) is 4.74 Å². The van der Waals surface area contributed by atoms with Gasteiger partial charge in [-0.15, -0.1) is 0 Å². The highest BCUT2D eigenvalue weighted by molar-refractivity contribution is 5.36. The zero-order chi connectivity index (χ0) is 10.6. The minimum absolute atomic E-state index is 0.258. The molecule has 1 aromatic rings. The summed E-state index contributed by atoms with van der Waals surface area (Å²) < 4.78 is 5.03. The van der Waals surface area contributed by atoms with Crippen molar-refractivity contribution in [3.63, 3.8) is 0 Å². The fourth-order valence-corrected chi connectivity index (χ4v) is 1.34. The SMILES string of the molecule is COCC(C)Nc1cc(C)nc(C)n1. The summed E-state index contributed by atoms with van der Waals surface area (Å²) in [4.78, 5) is 8.48. The van der Waals surface area contributed by atoms with E-state index in [9.17, 15) is 0 Å². The number of aromatic nitrogens is 2. The molecule has 0 saturated carbocycles. The van der Waals surface area contributed by atoms with E-state index in [0.717, 1.165) is 17.3 Å². The number of methoxy groups -OCH3 is 1. The Morgan fingerprint density at radius 3 is 2.71 bits per heavy atom. The van der Waals surface area contributed by atoms with Gasteiger partial charge in [0, 0.05) is 24.9 Å². The van der Waals surface area contributed by atoms with Crippen LogP contribution in [0.3, 0.4) is 0 Å². The zero-order valence-electron chi connectivity index (χ0n) is 9.16. The lowest BCUT2D eigenvalue weighted by Gasteiger charge is -2.13. The lowest BCUT2D eigenvalue weighted by Crippen LogP contribution is -2.21. The van der Waals surface area contributed by atoms with Gasteiger partial charge in [0.25, 0.3) is 0 Å². The minimum atomic E-state index is 0.258. The summed E-state index contributed by atoms with van der Waals surface area (Å²) in [6, 6.07) is 2.19. The van der Waals surface area contributed by atoms with Crippen LogP contribution in [0.1, 0.15) is 18.4 Å². The van der Waals surface area contributed by atoms with E-state index in [-0.39, 0.29) is 6.04 Å². The summed E-state index contributed by atoms with van der Waals surface area (Å²) in [7, 11) is 1.69. The normalized spacial score (nSPS) is 12.6. The van der Waals surface area contributed by atoms with Crippen molar-refractivity contribution in [3.05, 3.63) is 17.6 Å². The number of rotatable bonds is 4. The maximum Gasteiger partial charge on any atom is 0.130 e. The quantitative estimate of drug-likeness (QED) is 0.791. The van der Waals surface area contributed by atoms with Crippen molar-refractivity contribution in [1.82, 2.24) is 9.97 Å². The van der Waals surface area contributed by atoms with Gasteiger partial charge in [-0.3, -0.25) is 0 Å². The number of ether oxygens (including phenoxy) is 1. The fourth-order valence-electron chi connectivity index (χ4n) is 1.34. The molecule has 0 aliphatic rings. The number of hydrogen-bond donors (Lipinski definition) is 1. The molecule has 0 aliphatic heterocycles. The average Bonchev–Trinajstić information content (AvgIpc) is 2.01. The Balaban J connectivity index is 2.66. The molecule has 1 unspecified atom stereocenters. The molecule has 0 fully saturated rings. The molecule has 14 heavy (non-hydrogen) atoms. The number of hydrogen-bond acceptors (Lipinski definition) is 4. The maximum absolute atomic E-state index is 5.03. The van der Waals surface area contributed by atoms with Crippen molar-refractivity contribution < 1.29 is 4.74 Å². The molecule has 78 valence electrons. The molecular weight excluding hydrogens is 178 g/mol. The molecule has 0 amide bonds. The first kappa shape index (κ1) is 10.9. The van der Waals surface area contributed by atoms with Crippen LogP contribution in [-0.4, -0.2) is 29.7 Å². The third-order valence-corrected chi connectivity index (χ3v) is 1.78. The van der Waals surface area contributed by atoms with Crippen LogP contribution in [0.2, 0.25) is 0 Å². The summed E-state index contributed by atoms with van der Waals surface area (Å²) in [6.07, 6.45) is 0. The van der Waals surface area contributed by atoms with Crippen LogP contribution in [0.25, 0.3) is 0 Å². The first-order chi connectivity index (χ1) is 6.61. The lowest BCUT2D eigenvalue weighted by molar-refractivity contribution is 0.190. The first-order valence-electron chi connectivity index (χ1n) is 4.69. The summed E-state index contributed by atoms with van der Waals surface area (Å²) in [6.45, 7) is 6.57. The molecule has 4 nitrogen and oxygen atoms in total. The molecule has 0 radical (unpaired) electrons. The Kier molecular flexibility index (Phi) is 3.83. The van der Waals surface area contributed by atoms with Gasteiger partial charge in [-0.05, 0) is 20.8 Å². The van der Waals surface area contributed by atoms with Gasteiger partial charge in [0.1, 0.15) is 11.6 Å². The third kappa shape index (κ3) is 3.30. The van der Waals surface area contributed by atoms with Crippen LogP contribution in [0.5, 0.6) is 0 Å². The Labute approximate surface area is 84.7 Å². The van der Waals surface area contributed by atoms with Gasteiger partial charge in [-0.25, -0.2) is 9.97 Å². The van der Waals surface area contributed by atoms with Gasteiger partial charge in [-0.2, -0.15) is 0 Å². The molecule has 0 spiro atoms. The van der Waals surface area contributed by atoms with Gasteiger partial charge in [-0.1, -0.05) is 0 Å². The summed E-state index contributed by atoms with van der Waals surface area (Å²) in [5.74, 6) is 1.65. The zero-order valence-corrected chi connectivity index (χ0v) is 9.16. The predicted octanol–water partition coefficient (Wildman–Crippen LogP) is 1.54. The molecule has 4 heteroatoms. The number of nitrogens with one attached hydrogen (secondary N) is 1. The monoisotopic (exact) mass is 195 g/mol. The Bertz CT molecular complexity index is 281. The Morgan fingerprint density at radius 2 is 2.14 bits per heavy atom. The topological polar surface area (TPSA) is 47.0 Å². The lowest BCUT2D eigenvalue weighted by atomic mass is 10.3. The van der Waals surface area contributed by atoms with Gasteiger partial charge < -0.3 is 10.1 Å². The Hall–Kier alpha value is -1.16.